The van der Waals surface area contributed by atoms with Crippen LogP contribution in [-0.2, 0) is 10.0 Å². The van der Waals surface area contributed by atoms with Crippen LogP contribution in [0.3, 0.4) is 0 Å². The first-order valence-corrected chi connectivity index (χ1v) is 25.5. The number of aliphatic hydroxyl groups is 1. The number of aromatic amines is 1. The number of nitrogens with one attached hydrogen (secondary N) is 3. The summed E-state index contributed by atoms with van der Waals surface area (Å²) in [6.07, 6.45) is 9.42. The molecular weight excluding hydrogens is 890 g/mol. The number of benzene rings is 3. The zero-order valence-corrected chi connectivity index (χ0v) is 39.8. The maximum absolute atomic E-state index is 14.8. The number of likely N-dealkylation sites (tertiary alicyclic amines) is 1. The van der Waals surface area contributed by atoms with Crippen molar-refractivity contribution in [3.05, 3.63) is 105 Å². The normalized spacial score (nSPS) is 24.8. The minimum Gasteiger partial charge on any atom is -0.489 e. The topological polar surface area (TPSA) is 192 Å². The molecule has 5 aromatic rings. The highest BCUT2D eigenvalue weighted by Crippen LogP contribution is 2.49. The summed E-state index contributed by atoms with van der Waals surface area (Å²) < 4.78 is 57.3. The predicted molar refractivity (Wildman–Crippen MR) is 257 cm³/mol. The number of nitro benzene ring substituents is 1. The fraction of sp³-hybridized carbons (Fsp3) is 0.490. The Morgan fingerprint density at radius 1 is 1.03 bits per heavy atom. The summed E-state index contributed by atoms with van der Waals surface area (Å²) >= 11 is 0. The van der Waals surface area contributed by atoms with E-state index in [2.05, 4.69) is 67.9 Å². The fourth-order valence-electron chi connectivity index (χ4n) is 11.7. The van der Waals surface area contributed by atoms with Gasteiger partial charge in [0.2, 0.25) is 0 Å². The lowest BCUT2D eigenvalue weighted by molar-refractivity contribution is -0.384. The van der Waals surface area contributed by atoms with Gasteiger partial charge in [-0.2, -0.15) is 0 Å². The molecule has 2 saturated heterocycles. The second-order valence-electron chi connectivity index (χ2n) is 20.6. The van der Waals surface area contributed by atoms with Gasteiger partial charge in [-0.25, -0.2) is 22.5 Å². The molecule has 3 aliphatic heterocycles. The SMILES string of the molecule is Cc1nc2[nH]cc(F)c2cc1Oc1cc(N2CCC3(CC2)CN(C2CCC[C@@H]2c2ccccc2C(C)C)C3)ccc1C(=O)NS(=O)(=O)c1cc2c(c([N+](=O)[O-])c1)N[C@@H]([C@H]1CC[C@](C)(O)CC1)CO2. The summed E-state index contributed by atoms with van der Waals surface area (Å²) in [5.74, 6) is -0.278. The van der Waals surface area contributed by atoms with Crippen LogP contribution >= 0.6 is 0 Å². The van der Waals surface area contributed by atoms with Crippen LogP contribution in [0, 0.1) is 34.2 Å². The number of halogens is 1. The number of hydrogen-bond donors (Lipinski definition) is 4. The standard InChI is InChI=1S/C51H60FN7O8S/c1-30(2)35-8-5-6-9-36(35)37-10-7-11-42(37)58-28-51(29-58)18-20-57(21-19-51)33-12-13-38(45(22-33)67-44-25-39-40(52)26-53-48(39)54-31(44)3)49(60)56-68(64,65)34-23-43(59(62)63)47-46(24-34)66-27-41(55-47)32-14-16-50(4,61)17-15-32/h5-6,8-9,12-13,22-26,30,32,37,41-42,55,61H,7,10-11,14-21,27-29H2,1-4H3,(H,53,54)(H,56,60)/t32-,37-,41-,42?,50-/m1/s1. The average molecular weight is 950 g/mol. The predicted octanol–water partition coefficient (Wildman–Crippen LogP) is 9.31. The molecular formula is C51H60FN7O8S. The number of sulfonamides is 1. The van der Waals surface area contributed by atoms with Crippen molar-refractivity contribution >= 4 is 44.0 Å². The molecule has 10 rings (SSSR count). The molecule has 4 fully saturated rings. The third-order valence-corrected chi connectivity index (χ3v) is 16.9. The highest BCUT2D eigenvalue weighted by atomic mass is 32.2. The van der Waals surface area contributed by atoms with E-state index in [1.165, 1.54) is 54.8 Å². The van der Waals surface area contributed by atoms with E-state index in [-0.39, 0.29) is 57.9 Å². The van der Waals surface area contributed by atoms with Gasteiger partial charge in [-0.3, -0.25) is 19.8 Å². The number of fused-ring (bicyclic) bond motifs is 2. The summed E-state index contributed by atoms with van der Waals surface area (Å²) in [6, 6.07) is 17.8. The van der Waals surface area contributed by atoms with Crippen molar-refractivity contribution in [1.29, 1.82) is 0 Å². The lowest BCUT2D eigenvalue weighted by atomic mass is 9.70. The van der Waals surface area contributed by atoms with Gasteiger partial charge in [-0.05, 0) is 118 Å². The van der Waals surface area contributed by atoms with Gasteiger partial charge in [0.25, 0.3) is 21.6 Å². The highest BCUT2D eigenvalue weighted by Gasteiger charge is 2.49. The number of anilines is 2. The number of rotatable bonds is 11. The summed E-state index contributed by atoms with van der Waals surface area (Å²) in [7, 11) is -4.72. The zero-order valence-electron chi connectivity index (χ0n) is 39.0. The molecule has 15 nitrogen and oxygen atoms in total. The van der Waals surface area contributed by atoms with Gasteiger partial charge in [0, 0.05) is 62.3 Å². The molecule has 5 heterocycles. The lowest BCUT2D eigenvalue weighted by Crippen LogP contribution is -2.63. The van der Waals surface area contributed by atoms with Crippen molar-refractivity contribution in [1.82, 2.24) is 19.6 Å². The van der Waals surface area contributed by atoms with Gasteiger partial charge < -0.3 is 29.8 Å². The number of aryl methyl sites for hydroxylation is 1. The number of carbonyl (C=O) groups excluding carboxylic acids is 1. The third-order valence-electron chi connectivity index (χ3n) is 15.6. The Bertz CT molecular complexity index is 2880. The quantitative estimate of drug-likeness (QED) is 0.0726. The van der Waals surface area contributed by atoms with Gasteiger partial charge in [-0.1, -0.05) is 44.5 Å². The Hall–Kier alpha value is -5.78. The molecule has 2 aromatic heterocycles. The minimum absolute atomic E-state index is 0.0251. The van der Waals surface area contributed by atoms with Crippen molar-refractivity contribution in [2.45, 2.75) is 120 Å². The zero-order chi connectivity index (χ0) is 47.7. The lowest BCUT2D eigenvalue weighted by Gasteiger charge is -2.57. The van der Waals surface area contributed by atoms with Crippen molar-refractivity contribution in [2.75, 3.05) is 43.0 Å². The molecule has 1 unspecified atom stereocenters. The number of pyridine rings is 1. The molecule has 4 N–H and O–H groups in total. The third kappa shape index (κ3) is 8.77. The van der Waals surface area contributed by atoms with Gasteiger partial charge in [0.05, 0.1) is 38.1 Å². The number of carbonyl (C=O) groups is 1. The number of H-pyrrole nitrogens is 1. The molecule has 360 valence electrons. The molecule has 0 bridgehead atoms. The number of amides is 1. The van der Waals surface area contributed by atoms with Crippen LogP contribution in [0.25, 0.3) is 11.0 Å². The van der Waals surface area contributed by atoms with Crippen LogP contribution in [0.4, 0.5) is 21.5 Å². The number of nitro groups is 1. The van der Waals surface area contributed by atoms with E-state index in [0.717, 1.165) is 50.8 Å². The molecule has 3 atom stereocenters. The first kappa shape index (κ1) is 46.0. The van der Waals surface area contributed by atoms with Crippen molar-refractivity contribution in [3.8, 4) is 17.2 Å². The fourth-order valence-corrected chi connectivity index (χ4v) is 12.7. The van der Waals surface area contributed by atoms with Gasteiger partial charge in [0.1, 0.15) is 29.6 Å². The monoisotopic (exact) mass is 949 g/mol. The Morgan fingerprint density at radius 2 is 1.78 bits per heavy atom. The number of hydrogen-bond acceptors (Lipinski definition) is 12. The van der Waals surface area contributed by atoms with Crippen molar-refractivity contribution in [2.24, 2.45) is 11.3 Å². The molecule has 0 radical (unpaired) electrons. The molecule has 3 aromatic carbocycles. The van der Waals surface area contributed by atoms with Crippen LogP contribution in [0.1, 0.15) is 118 Å². The Morgan fingerprint density at radius 3 is 2.51 bits per heavy atom. The molecule has 1 spiro atoms. The summed E-state index contributed by atoms with van der Waals surface area (Å²) in [5.41, 5.74) is 3.35. The average Bonchev–Trinajstić information content (AvgIpc) is 3.93. The minimum atomic E-state index is -4.72. The molecule has 68 heavy (non-hydrogen) atoms. The van der Waals surface area contributed by atoms with Gasteiger partial charge >= 0.3 is 0 Å². The number of nitrogens with zero attached hydrogens (tertiary/aromatic N) is 4. The van der Waals surface area contributed by atoms with Crippen LogP contribution < -0.4 is 24.4 Å². The molecule has 2 aliphatic carbocycles. The maximum atomic E-state index is 14.8. The molecule has 1 amide bonds. The number of piperidine rings is 1. The Kier molecular flexibility index (Phi) is 11.9. The van der Waals surface area contributed by atoms with Crippen molar-refractivity contribution < 1.29 is 37.1 Å². The van der Waals surface area contributed by atoms with Crippen LogP contribution in [0.15, 0.2) is 71.8 Å². The van der Waals surface area contributed by atoms with E-state index in [9.17, 15) is 32.8 Å². The maximum Gasteiger partial charge on any atom is 0.297 e. The second kappa shape index (κ2) is 17.6. The summed E-state index contributed by atoms with van der Waals surface area (Å²) in [4.78, 5) is 37.6. The van der Waals surface area contributed by atoms with Gasteiger partial charge in [-0.15, -0.1) is 0 Å². The molecule has 17 heteroatoms. The van der Waals surface area contributed by atoms with E-state index in [4.69, 9.17) is 9.47 Å². The largest absolute Gasteiger partial charge is 0.489 e. The molecule has 2 saturated carbocycles. The van der Waals surface area contributed by atoms with Crippen LogP contribution in [-0.4, -0.2) is 89.7 Å². The second-order valence-corrected chi connectivity index (χ2v) is 22.3. The first-order valence-electron chi connectivity index (χ1n) is 24.0. The number of ether oxygens (including phenoxy) is 2. The van der Waals surface area contributed by atoms with E-state index in [0.29, 0.717) is 54.9 Å². The van der Waals surface area contributed by atoms with E-state index >= 15 is 0 Å². The first-order chi connectivity index (χ1) is 32.5. The van der Waals surface area contributed by atoms with Crippen molar-refractivity contribution in [3.63, 3.8) is 0 Å². The van der Waals surface area contributed by atoms with Crippen LogP contribution in [0.2, 0.25) is 0 Å². The van der Waals surface area contributed by atoms with Gasteiger partial charge in [0.15, 0.2) is 11.4 Å². The van der Waals surface area contributed by atoms with E-state index in [1.807, 2.05) is 0 Å². The van der Waals surface area contributed by atoms with E-state index < -0.39 is 42.9 Å². The Labute approximate surface area is 396 Å². The summed E-state index contributed by atoms with van der Waals surface area (Å²) in [5, 5.41) is 26.3. The smallest absolute Gasteiger partial charge is 0.297 e. The number of aromatic nitrogens is 2. The highest BCUT2D eigenvalue weighted by molar-refractivity contribution is 7.90. The summed E-state index contributed by atoms with van der Waals surface area (Å²) in [6.45, 7) is 11.9. The molecule has 5 aliphatic rings. The van der Waals surface area contributed by atoms with Crippen LogP contribution in [0.5, 0.6) is 17.2 Å². The van der Waals surface area contributed by atoms with E-state index in [1.54, 1.807) is 26.0 Å². The Balaban J connectivity index is 0.874.